The monoisotopic (exact) mass is 236 g/mol. The van der Waals surface area contributed by atoms with Gasteiger partial charge in [0.05, 0.1) is 12.0 Å². The molecule has 17 heavy (non-hydrogen) atoms. The van der Waals surface area contributed by atoms with Gasteiger partial charge in [-0.3, -0.25) is 0 Å². The summed E-state index contributed by atoms with van der Waals surface area (Å²) in [5, 5.41) is 12.1. The highest BCUT2D eigenvalue weighted by Gasteiger charge is 2.26. The minimum atomic E-state index is -0.829. The first kappa shape index (κ1) is 12.0. The van der Waals surface area contributed by atoms with Crippen LogP contribution in [0.25, 0.3) is 0 Å². The Labute approximate surface area is 99.3 Å². The lowest BCUT2D eigenvalue weighted by Crippen LogP contribution is -2.31. The molecule has 0 aliphatic heterocycles. The molecule has 1 saturated carbocycles. The number of benzene rings is 1. The van der Waals surface area contributed by atoms with Crippen LogP contribution in [0.3, 0.4) is 0 Å². The molecule has 0 amide bonds. The fourth-order valence-electron chi connectivity index (χ4n) is 2.26. The van der Waals surface area contributed by atoms with E-state index in [1.54, 1.807) is 6.07 Å². The molecule has 1 aromatic rings. The van der Waals surface area contributed by atoms with Crippen LogP contribution >= 0.6 is 0 Å². The van der Waals surface area contributed by atoms with E-state index in [1.165, 1.54) is 6.07 Å². The molecule has 0 aromatic heterocycles. The van der Waals surface area contributed by atoms with Crippen molar-refractivity contribution in [1.29, 1.82) is 5.26 Å². The summed E-state index contributed by atoms with van der Waals surface area (Å²) in [7, 11) is 0. The maximum atomic E-state index is 13.0. The van der Waals surface area contributed by atoms with Crippen molar-refractivity contribution in [2.24, 2.45) is 5.92 Å². The summed E-state index contributed by atoms with van der Waals surface area (Å²) < 4.78 is 25.7. The van der Waals surface area contributed by atoms with Gasteiger partial charge in [-0.2, -0.15) is 5.26 Å². The molecular formula is C13H14F2N2. The number of hydrogen-bond acceptors (Lipinski definition) is 2. The summed E-state index contributed by atoms with van der Waals surface area (Å²) in [6.07, 6.45) is 2.95. The molecule has 1 aromatic carbocycles. The number of rotatable bonds is 3. The van der Waals surface area contributed by atoms with Crippen LogP contribution in [-0.2, 0) is 6.54 Å². The molecule has 0 bridgehead atoms. The number of nitrogens with one attached hydrogen (secondary N) is 1. The Hall–Kier alpha value is -1.47. The van der Waals surface area contributed by atoms with Crippen LogP contribution in [0.1, 0.15) is 24.8 Å². The summed E-state index contributed by atoms with van der Waals surface area (Å²) in [6, 6.07) is 6.33. The fourth-order valence-corrected chi connectivity index (χ4v) is 2.26. The second-order valence-corrected chi connectivity index (χ2v) is 4.40. The first-order chi connectivity index (χ1) is 8.20. The SMILES string of the molecule is N#CC1CCCC1NCc1ccc(F)c(F)c1. The Morgan fingerprint density at radius 2 is 2.12 bits per heavy atom. The van der Waals surface area contributed by atoms with E-state index >= 15 is 0 Å². The lowest BCUT2D eigenvalue weighted by molar-refractivity contribution is 0.461. The van der Waals surface area contributed by atoms with Crippen LogP contribution in [0.4, 0.5) is 8.78 Å². The first-order valence-electron chi connectivity index (χ1n) is 5.77. The van der Waals surface area contributed by atoms with Crippen molar-refractivity contribution in [2.45, 2.75) is 31.8 Å². The average molecular weight is 236 g/mol. The van der Waals surface area contributed by atoms with Crippen molar-refractivity contribution < 1.29 is 8.78 Å². The van der Waals surface area contributed by atoms with Gasteiger partial charge in [-0.15, -0.1) is 0 Å². The Kier molecular flexibility index (Phi) is 3.70. The largest absolute Gasteiger partial charge is 0.309 e. The van der Waals surface area contributed by atoms with Crippen molar-refractivity contribution in [3.05, 3.63) is 35.4 Å². The average Bonchev–Trinajstić information content (AvgIpc) is 2.78. The molecular weight excluding hydrogens is 222 g/mol. The molecule has 2 rings (SSSR count). The Morgan fingerprint density at radius 3 is 2.82 bits per heavy atom. The van der Waals surface area contributed by atoms with Crippen molar-refractivity contribution in [3.63, 3.8) is 0 Å². The number of hydrogen-bond donors (Lipinski definition) is 1. The number of halogens is 2. The highest BCUT2D eigenvalue weighted by molar-refractivity contribution is 5.17. The topological polar surface area (TPSA) is 35.8 Å². The van der Waals surface area contributed by atoms with E-state index in [0.717, 1.165) is 25.3 Å². The van der Waals surface area contributed by atoms with Crippen LogP contribution in [0.5, 0.6) is 0 Å². The number of nitriles is 1. The Balaban J connectivity index is 1.93. The summed E-state index contributed by atoms with van der Waals surface area (Å²) in [6.45, 7) is 0.472. The van der Waals surface area contributed by atoms with Gasteiger partial charge in [0.15, 0.2) is 11.6 Å². The van der Waals surface area contributed by atoms with Crippen molar-refractivity contribution in [1.82, 2.24) is 5.32 Å². The van der Waals surface area contributed by atoms with Crippen molar-refractivity contribution in [3.8, 4) is 6.07 Å². The summed E-state index contributed by atoms with van der Waals surface area (Å²) in [5.41, 5.74) is 0.701. The van der Waals surface area contributed by atoms with E-state index in [0.29, 0.717) is 12.1 Å². The van der Waals surface area contributed by atoms with E-state index in [-0.39, 0.29) is 12.0 Å². The van der Waals surface area contributed by atoms with E-state index in [9.17, 15) is 8.78 Å². The minimum absolute atomic E-state index is 0.0419. The summed E-state index contributed by atoms with van der Waals surface area (Å²) in [5.74, 6) is -1.61. The van der Waals surface area contributed by atoms with Gasteiger partial charge < -0.3 is 5.32 Å². The molecule has 1 N–H and O–H groups in total. The van der Waals surface area contributed by atoms with E-state index in [1.807, 2.05) is 0 Å². The zero-order valence-electron chi connectivity index (χ0n) is 9.42. The molecule has 0 spiro atoms. The molecule has 90 valence electrons. The van der Waals surface area contributed by atoms with Gasteiger partial charge >= 0.3 is 0 Å². The lowest BCUT2D eigenvalue weighted by Gasteiger charge is -2.15. The molecule has 1 fully saturated rings. The van der Waals surface area contributed by atoms with E-state index < -0.39 is 11.6 Å². The second-order valence-electron chi connectivity index (χ2n) is 4.40. The first-order valence-corrected chi connectivity index (χ1v) is 5.77. The maximum absolute atomic E-state index is 13.0. The van der Waals surface area contributed by atoms with Crippen molar-refractivity contribution >= 4 is 0 Å². The molecule has 2 atom stereocenters. The maximum Gasteiger partial charge on any atom is 0.159 e. The van der Waals surface area contributed by atoms with E-state index in [2.05, 4.69) is 11.4 Å². The molecule has 0 saturated heterocycles. The van der Waals surface area contributed by atoms with Gasteiger partial charge in [0.1, 0.15) is 0 Å². The quantitative estimate of drug-likeness (QED) is 0.875. The molecule has 0 heterocycles. The highest BCUT2D eigenvalue weighted by Crippen LogP contribution is 2.25. The molecule has 4 heteroatoms. The van der Waals surface area contributed by atoms with Crippen LogP contribution < -0.4 is 5.32 Å². The lowest BCUT2D eigenvalue weighted by atomic mass is 10.1. The van der Waals surface area contributed by atoms with Gasteiger partial charge in [0, 0.05) is 12.6 Å². The van der Waals surface area contributed by atoms with Gasteiger partial charge in [0.25, 0.3) is 0 Å². The van der Waals surface area contributed by atoms with Gasteiger partial charge in [-0.05, 0) is 30.5 Å². The van der Waals surface area contributed by atoms with Crippen molar-refractivity contribution in [2.75, 3.05) is 0 Å². The van der Waals surface area contributed by atoms with Crippen LogP contribution in [0, 0.1) is 28.9 Å². The standard InChI is InChI=1S/C13H14F2N2/c14-11-5-4-9(6-12(11)15)8-17-13-3-1-2-10(13)7-16/h4-6,10,13,17H,1-3,8H2. The molecule has 2 unspecified atom stereocenters. The Morgan fingerprint density at radius 1 is 1.29 bits per heavy atom. The zero-order chi connectivity index (χ0) is 12.3. The molecule has 0 radical (unpaired) electrons. The third-order valence-electron chi connectivity index (χ3n) is 3.23. The second kappa shape index (κ2) is 5.24. The third kappa shape index (κ3) is 2.80. The zero-order valence-corrected chi connectivity index (χ0v) is 9.42. The molecule has 1 aliphatic rings. The predicted molar refractivity (Wildman–Crippen MR) is 59.9 cm³/mol. The highest BCUT2D eigenvalue weighted by atomic mass is 19.2. The number of nitrogens with zero attached hydrogens (tertiary/aromatic N) is 1. The fraction of sp³-hybridized carbons (Fsp3) is 0.462. The van der Waals surface area contributed by atoms with Gasteiger partial charge in [-0.1, -0.05) is 12.5 Å². The minimum Gasteiger partial charge on any atom is -0.309 e. The predicted octanol–water partition coefficient (Wildman–Crippen LogP) is 2.75. The normalized spacial score (nSPS) is 23.6. The Bertz CT molecular complexity index is 440. The van der Waals surface area contributed by atoms with Gasteiger partial charge in [0.2, 0.25) is 0 Å². The van der Waals surface area contributed by atoms with Crippen LogP contribution in [0.15, 0.2) is 18.2 Å². The molecule has 2 nitrogen and oxygen atoms in total. The summed E-state index contributed by atoms with van der Waals surface area (Å²) in [4.78, 5) is 0. The smallest absolute Gasteiger partial charge is 0.159 e. The molecule has 1 aliphatic carbocycles. The third-order valence-corrected chi connectivity index (χ3v) is 3.23. The summed E-state index contributed by atoms with van der Waals surface area (Å²) >= 11 is 0. The van der Waals surface area contributed by atoms with Crippen LogP contribution in [-0.4, -0.2) is 6.04 Å². The van der Waals surface area contributed by atoms with Gasteiger partial charge in [-0.25, -0.2) is 8.78 Å². The van der Waals surface area contributed by atoms with E-state index in [4.69, 9.17) is 5.26 Å². The van der Waals surface area contributed by atoms with Crippen LogP contribution in [0.2, 0.25) is 0 Å².